The van der Waals surface area contributed by atoms with E-state index in [1.807, 2.05) is 13.8 Å². The second-order valence-electron chi connectivity index (χ2n) is 3.80. The number of sulfonamides is 1. The molecule has 0 rings (SSSR count). The van der Waals surface area contributed by atoms with Gasteiger partial charge in [0, 0.05) is 13.1 Å². The second-order valence-corrected chi connectivity index (χ2v) is 6.85. The molecule has 0 heterocycles. The predicted molar refractivity (Wildman–Crippen MR) is 67.6 cm³/mol. The lowest BCUT2D eigenvalue weighted by molar-refractivity contribution is -0.433. The summed E-state index contributed by atoms with van der Waals surface area (Å²) in [4.78, 5) is 0. The SMILES string of the molecule is CCCCN(CCCC)S(=O)(=O)C(F)(F)SOOO. The molecule has 0 amide bonds. The Morgan fingerprint density at radius 2 is 1.68 bits per heavy atom. The molecule has 0 saturated heterocycles. The van der Waals surface area contributed by atoms with Gasteiger partial charge in [0.05, 0.1) is 0 Å². The highest BCUT2D eigenvalue weighted by Crippen LogP contribution is 2.37. The molecule has 0 aliphatic heterocycles. The minimum atomic E-state index is -4.87. The van der Waals surface area contributed by atoms with Gasteiger partial charge in [-0.25, -0.2) is 13.7 Å². The molecule has 0 bridgehead atoms. The van der Waals surface area contributed by atoms with Crippen molar-refractivity contribution in [2.75, 3.05) is 13.1 Å². The fraction of sp³-hybridized carbons (Fsp3) is 1.00. The molecule has 116 valence electrons. The minimum Gasteiger partial charge on any atom is -0.220 e. The molecule has 19 heavy (non-hydrogen) atoms. The molecule has 0 aliphatic rings. The van der Waals surface area contributed by atoms with Gasteiger partial charge in [0.2, 0.25) is 0 Å². The monoisotopic (exact) mass is 323 g/mol. The Bertz CT molecular complexity index is 332. The zero-order chi connectivity index (χ0) is 14.9. The van der Waals surface area contributed by atoms with E-state index in [4.69, 9.17) is 5.26 Å². The highest BCUT2D eigenvalue weighted by atomic mass is 32.3. The maximum Gasteiger partial charge on any atom is 0.433 e. The van der Waals surface area contributed by atoms with Gasteiger partial charge < -0.3 is 0 Å². The van der Waals surface area contributed by atoms with Crippen molar-refractivity contribution >= 4 is 22.1 Å². The standard InChI is InChI=1S/C9H19F2NO5S2/c1-3-5-7-12(8-6-4-2)19(14,15)9(10,11)18-17-16-13/h13H,3-8H2,1-2H3. The van der Waals surface area contributed by atoms with Crippen LogP contribution in [0.5, 0.6) is 0 Å². The lowest BCUT2D eigenvalue weighted by atomic mass is 10.3. The fourth-order valence-corrected chi connectivity index (χ4v) is 3.16. The summed E-state index contributed by atoms with van der Waals surface area (Å²) in [6.45, 7) is 3.71. The van der Waals surface area contributed by atoms with Crippen molar-refractivity contribution in [1.82, 2.24) is 4.31 Å². The van der Waals surface area contributed by atoms with E-state index >= 15 is 0 Å². The topological polar surface area (TPSA) is 76.1 Å². The van der Waals surface area contributed by atoms with Crippen LogP contribution in [0.2, 0.25) is 0 Å². The number of halogens is 2. The van der Waals surface area contributed by atoms with Crippen LogP contribution < -0.4 is 0 Å². The van der Waals surface area contributed by atoms with E-state index in [2.05, 4.69) is 9.37 Å². The van der Waals surface area contributed by atoms with Gasteiger partial charge in [-0.1, -0.05) is 31.7 Å². The summed E-state index contributed by atoms with van der Waals surface area (Å²) in [6, 6.07) is 0. The van der Waals surface area contributed by atoms with E-state index in [0.29, 0.717) is 25.7 Å². The van der Waals surface area contributed by atoms with Crippen LogP contribution in [0.1, 0.15) is 39.5 Å². The van der Waals surface area contributed by atoms with E-state index in [1.165, 1.54) is 0 Å². The number of hydrogen-bond acceptors (Lipinski definition) is 6. The lowest BCUT2D eigenvalue weighted by Crippen LogP contribution is -2.42. The number of rotatable bonds is 11. The Morgan fingerprint density at radius 1 is 1.21 bits per heavy atom. The molecule has 0 aromatic rings. The van der Waals surface area contributed by atoms with Gasteiger partial charge in [-0.15, -0.1) is 4.33 Å². The van der Waals surface area contributed by atoms with Gasteiger partial charge in [-0.3, -0.25) is 0 Å². The third-order valence-corrected chi connectivity index (χ3v) is 5.13. The molecular formula is C9H19F2NO5S2. The summed E-state index contributed by atoms with van der Waals surface area (Å²) in [5.74, 6) is 0. The van der Waals surface area contributed by atoms with Crippen LogP contribution in [0.4, 0.5) is 8.78 Å². The maximum atomic E-state index is 13.5. The summed E-state index contributed by atoms with van der Waals surface area (Å²) in [6.07, 6.45) is 2.35. The molecule has 10 heteroatoms. The lowest BCUT2D eigenvalue weighted by Gasteiger charge is -2.25. The molecule has 0 atom stereocenters. The molecule has 0 spiro atoms. The molecule has 0 radical (unpaired) electrons. The van der Waals surface area contributed by atoms with E-state index < -0.39 is 26.7 Å². The zero-order valence-electron chi connectivity index (χ0n) is 10.8. The molecule has 0 aromatic carbocycles. The quantitative estimate of drug-likeness (QED) is 0.358. The van der Waals surface area contributed by atoms with Crippen molar-refractivity contribution in [2.24, 2.45) is 0 Å². The van der Waals surface area contributed by atoms with Gasteiger partial charge in [0.25, 0.3) is 10.0 Å². The highest BCUT2D eigenvalue weighted by molar-refractivity contribution is 8.10. The first-order valence-electron chi connectivity index (χ1n) is 5.86. The van der Waals surface area contributed by atoms with Crippen molar-refractivity contribution in [3.8, 4) is 0 Å². The summed E-state index contributed by atoms with van der Waals surface area (Å²) in [5.41, 5.74) is 0. The Balaban J connectivity index is 4.92. The Morgan fingerprint density at radius 3 is 2.05 bits per heavy atom. The van der Waals surface area contributed by atoms with Crippen molar-refractivity contribution < 1.29 is 31.8 Å². The second kappa shape index (κ2) is 9.03. The molecule has 0 saturated carbocycles. The first-order chi connectivity index (χ1) is 8.83. The number of nitrogens with zero attached hydrogens (tertiary/aromatic N) is 1. The van der Waals surface area contributed by atoms with Crippen molar-refractivity contribution in [3.05, 3.63) is 0 Å². The van der Waals surface area contributed by atoms with Crippen LogP contribution in [0.25, 0.3) is 0 Å². The van der Waals surface area contributed by atoms with Gasteiger partial charge in [0.1, 0.15) is 12.0 Å². The fourth-order valence-electron chi connectivity index (χ4n) is 1.27. The average Bonchev–Trinajstić information content (AvgIpc) is 2.36. The van der Waals surface area contributed by atoms with Gasteiger partial charge in [-0.2, -0.15) is 13.1 Å². The van der Waals surface area contributed by atoms with E-state index in [1.54, 1.807) is 0 Å². The molecule has 0 unspecified atom stereocenters. The zero-order valence-corrected chi connectivity index (χ0v) is 12.5. The van der Waals surface area contributed by atoms with Gasteiger partial charge >= 0.3 is 4.59 Å². The van der Waals surface area contributed by atoms with Crippen LogP contribution in [0.3, 0.4) is 0 Å². The smallest absolute Gasteiger partial charge is 0.220 e. The van der Waals surface area contributed by atoms with Crippen LogP contribution in [0.15, 0.2) is 0 Å². The number of unbranched alkanes of at least 4 members (excludes halogenated alkanes) is 2. The van der Waals surface area contributed by atoms with Crippen LogP contribution >= 0.6 is 12.0 Å². The van der Waals surface area contributed by atoms with Gasteiger partial charge in [0.15, 0.2) is 0 Å². The molecule has 1 N–H and O–H groups in total. The Labute approximate surface area is 116 Å². The summed E-state index contributed by atoms with van der Waals surface area (Å²) >= 11 is -0.754. The molecule has 6 nitrogen and oxygen atoms in total. The number of hydrogen-bond donors (Lipinski definition) is 1. The molecular weight excluding hydrogens is 304 g/mol. The highest BCUT2D eigenvalue weighted by Gasteiger charge is 2.51. The van der Waals surface area contributed by atoms with Crippen LogP contribution in [0, 0.1) is 0 Å². The summed E-state index contributed by atoms with van der Waals surface area (Å²) < 4.78 is 50.7. The van der Waals surface area contributed by atoms with Crippen molar-refractivity contribution in [3.63, 3.8) is 0 Å². The Hall–Kier alpha value is -0.0000000000000000694. The predicted octanol–water partition coefficient (Wildman–Crippen LogP) is 2.84. The average molecular weight is 323 g/mol. The Kier molecular flexibility index (Phi) is 9.03. The molecule has 0 aliphatic carbocycles. The van der Waals surface area contributed by atoms with E-state index in [9.17, 15) is 17.2 Å². The third kappa shape index (κ3) is 5.88. The van der Waals surface area contributed by atoms with E-state index in [-0.39, 0.29) is 13.1 Å². The van der Waals surface area contributed by atoms with Crippen LogP contribution in [-0.2, 0) is 19.4 Å². The third-order valence-electron chi connectivity index (χ3n) is 2.32. The maximum absolute atomic E-state index is 13.5. The van der Waals surface area contributed by atoms with Crippen molar-refractivity contribution in [1.29, 1.82) is 0 Å². The number of alkyl halides is 2. The van der Waals surface area contributed by atoms with Crippen molar-refractivity contribution in [2.45, 2.75) is 44.1 Å². The minimum absolute atomic E-state index is 0.0228. The molecule has 0 fully saturated rings. The first-order valence-corrected chi connectivity index (χ1v) is 8.05. The summed E-state index contributed by atoms with van der Waals surface area (Å²) in [7, 11) is -4.87. The van der Waals surface area contributed by atoms with Gasteiger partial charge in [-0.05, 0) is 12.8 Å². The van der Waals surface area contributed by atoms with Crippen LogP contribution in [-0.4, -0.2) is 35.7 Å². The normalized spacial score (nSPS) is 13.2. The largest absolute Gasteiger partial charge is 0.433 e. The first kappa shape index (κ1) is 19.0. The summed E-state index contributed by atoms with van der Waals surface area (Å²) in [5, 5.41) is 10.8. The molecule has 0 aromatic heterocycles. The van der Waals surface area contributed by atoms with E-state index in [0.717, 1.165) is 4.31 Å².